The van der Waals surface area contributed by atoms with Crippen molar-refractivity contribution >= 4 is 17.3 Å². The van der Waals surface area contributed by atoms with E-state index in [0.29, 0.717) is 47.2 Å². The van der Waals surface area contributed by atoms with Crippen molar-refractivity contribution in [3.8, 4) is 11.5 Å². The van der Waals surface area contributed by atoms with Crippen LogP contribution in [0.5, 0.6) is 11.5 Å². The Morgan fingerprint density at radius 2 is 1.67 bits per heavy atom. The van der Waals surface area contributed by atoms with Crippen LogP contribution in [-0.2, 0) is 12.7 Å². The molecule has 3 N–H and O–H groups in total. The van der Waals surface area contributed by atoms with E-state index in [9.17, 15) is 22.8 Å². The molecule has 2 saturated heterocycles. The van der Waals surface area contributed by atoms with Gasteiger partial charge in [0.05, 0.1) is 30.1 Å². The maximum Gasteiger partial charge on any atom is 0.434 e. The van der Waals surface area contributed by atoms with Crippen molar-refractivity contribution in [3.63, 3.8) is 0 Å². The molecule has 3 aromatic rings. The number of hydrogen-bond donors (Lipinski definition) is 3. The molecule has 55 heavy (non-hydrogen) atoms. The Labute approximate surface area is 316 Å². The average Bonchev–Trinajstić information content (AvgIpc) is 3.12. The summed E-state index contributed by atoms with van der Waals surface area (Å²) in [5.41, 5.74) is -1.75. The minimum atomic E-state index is -4.85. The van der Waals surface area contributed by atoms with Crippen LogP contribution in [0.2, 0.25) is 0 Å². The molecule has 15 heteroatoms. The normalized spacial score (nSPS) is 20.4. The quantitative estimate of drug-likeness (QED) is 0.135. The van der Waals surface area contributed by atoms with Gasteiger partial charge in [0.15, 0.2) is 5.69 Å². The molecule has 1 saturated carbocycles. The van der Waals surface area contributed by atoms with E-state index < -0.39 is 53.5 Å². The number of allylic oxidation sites excluding steroid dienone is 2. The molecule has 2 aromatic carbocycles. The van der Waals surface area contributed by atoms with E-state index in [2.05, 4.69) is 20.1 Å². The van der Waals surface area contributed by atoms with E-state index in [-0.39, 0.29) is 41.3 Å². The number of hydrogen-bond acceptors (Lipinski definition) is 8. The molecule has 1 aliphatic carbocycles. The number of nitrogens with one attached hydrogen (secondary N) is 3. The molecule has 10 nitrogen and oxygen atoms in total. The lowest BCUT2D eigenvalue weighted by molar-refractivity contribution is -0.141. The van der Waals surface area contributed by atoms with Gasteiger partial charge in [0.1, 0.15) is 23.5 Å². The van der Waals surface area contributed by atoms with Gasteiger partial charge in [0.2, 0.25) is 0 Å². The number of amides is 1. The van der Waals surface area contributed by atoms with E-state index in [4.69, 9.17) is 15.6 Å². The summed E-state index contributed by atoms with van der Waals surface area (Å²) in [5, 5.41) is 19.0. The smallest absolute Gasteiger partial charge is 0.434 e. The summed E-state index contributed by atoms with van der Waals surface area (Å²) in [7, 11) is 0. The Balaban J connectivity index is 1.19. The van der Waals surface area contributed by atoms with Crippen LogP contribution in [0, 0.1) is 22.6 Å². The number of benzene rings is 2. The summed E-state index contributed by atoms with van der Waals surface area (Å²) in [6.45, 7) is 5.90. The number of likely N-dealkylation sites (tertiary alicyclic amines) is 2. The Hall–Kier alpha value is -4.76. The van der Waals surface area contributed by atoms with Crippen LogP contribution in [0.4, 0.5) is 22.0 Å². The molecule has 294 valence electrons. The fourth-order valence-electron chi connectivity index (χ4n) is 7.21. The highest BCUT2D eigenvalue weighted by Gasteiger charge is 2.37. The molecule has 3 aliphatic rings. The minimum absolute atomic E-state index is 0.0134. The second kappa shape index (κ2) is 16.9. The molecule has 1 aromatic heterocycles. The van der Waals surface area contributed by atoms with Crippen molar-refractivity contribution in [2.24, 2.45) is 5.92 Å². The van der Waals surface area contributed by atoms with Gasteiger partial charge >= 0.3 is 6.18 Å². The molecule has 2 aliphatic heterocycles. The maximum absolute atomic E-state index is 15.7. The van der Waals surface area contributed by atoms with E-state index >= 15 is 8.78 Å². The molecule has 0 radical (unpaired) electrons. The third-order valence-electron chi connectivity index (χ3n) is 10.8. The zero-order valence-corrected chi connectivity index (χ0v) is 30.8. The Morgan fingerprint density at radius 3 is 2.29 bits per heavy atom. The van der Waals surface area contributed by atoms with Crippen molar-refractivity contribution in [2.45, 2.75) is 89.4 Å². The molecule has 6 rings (SSSR count). The standard InChI is InChI=1S/C40H46F5N7O3/c1-24(2)33(46)10-11-34(47)25-6-8-29(9-7-25)55-36-19-30(31(41)18-26(36)21-52-23-37(40(43,44)45)48-20-38(52)53)39(54)49-35-14-17-51(22-32(35)42)28-12-15-50(16-13-28)27-4-3-5-27/h6-11,18-20,23-24,27-28,32,35,46-47H,3-5,12-17,21-22H2,1-2H3,(H,49,54)/b11-10-,46-33?,47-34?. The van der Waals surface area contributed by atoms with E-state index in [1.54, 1.807) is 12.1 Å². The third kappa shape index (κ3) is 9.74. The fraction of sp³-hybridized carbons (Fsp3) is 0.475. The SMILES string of the molecule is CC(C)C(=N)/C=C\C(=N)c1ccc(Oc2cc(C(=O)NC3CCN(C4CCN(C5CCC5)CC4)CC3F)c(F)cc2Cn2cc(C(F)(F)F)ncc2=O)cc1. The van der Waals surface area contributed by atoms with Crippen molar-refractivity contribution < 1.29 is 31.5 Å². The predicted octanol–water partition coefficient (Wildman–Crippen LogP) is 7.00. The molecule has 0 spiro atoms. The number of rotatable bonds is 12. The molecule has 3 heterocycles. The molecule has 2 atom stereocenters. The van der Waals surface area contributed by atoms with Crippen molar-refractivity contribution in [1.29, 1.82) is 10.8 Å². The summed E-state index contributed by atoms with van der Waals surface area (Å²) < 4.78 is 78.4. The molecular formula is C40H46F5N7O3. The number of carbonyl (C=O) groups is 1. The molecule has 1 amide bonds. The number of aromatic nitrogens is 2. The van der Waals surface area contributed by atoms with Crippen LogP contribution in [0.1, 0.15) is 79.6 Å². The highest BCUT2D eigenvalue weighted by Crippen LogP contribution is 2.32. The van der Waals surface area contributed by atoms with Crippen molar-refractivity contribution in [3.05, 3.63) is 99.5 Å². The minimum Gasteiger partial charge on any atom is -0.457 e. The first-order chi connectivity index (χ1) is 26.2. The van der Waals surface area contributed by atoms with Gasteiger partial charge in [-0.15, -0.1) is 0 Å². The lowest BCUT2D eigenvalue weighted by Crippen LogP contribution is -2.57. The lowest BCUT2D eigenvalue weighted by atomic mass is 9.88. The topological polar surface area (TPSA) is 127 Å². The summed E-state index contributed by atoms with van der Waals surface area (Å²) in [6.07, 6.45) is 3.87. The molecular weight excluding hydrogens is 721 g/mol. The number of nitrogens with zero attached hydrogens (tertiary/aromatic N) is 4. The summed E-state index contributed by atoms with van der Waals surface area (Å²) in [5.74, 6) is -1.88. The third-order valence-corrected chi connectivity index (χ3v) is 10.8. The number of ether oxygens (including phenoxy) is 1. The van der Waals surface area contributed by atoms with Gasteiger partial charge in [-0.05, 0) is 105 Å². The summed E-state index contributed by atoms with van der Waals surface area (Å²) >= 11 is 0. The Kier molecular flexibility index (Phi) is 12.3. The van der Waals surface area contributed by atoms with Gasteiger partial charge in [-0.25, -0.2) is 13.8 Å². The van der Waals surface area contributed by atoms with Crippen LogP contribution < -0.4 is 15.6 Å². The number of alkyl halides is 4. The van der Waals surface area contributed by atoms with Crippen LogP contribution in [0.15, 0.2) is 65.7 Å². The Bertz CT molecular complexity index is 1970. The average molecular weight is 768 g/mol. The zero-order chi connectivity index (χ0) is 39.4. The number of carbonyl (C=O) groups excluding carboxylic acids is 1. The fourth-order valence-corrected chi connectivity index (χ4v) is 7.21. The van der Waals surface area contributed by atoms with Crippen molar-refractivity contribution in [1.82, 2.24) is 24.7 Å². The highest BCUT2D eigenvalue weighted by atomic mass is 19.4. The first-order valence-electron chi connectivity index (χ1n) is 18.7. The largest absolute Gasteiger partial charge is 0.457 e. The second-order valence-corrected chi connectivity index (χ2v) is 14.9. The van der Waals surface area contributed by atoms with E-state index in [1.807, 2.05) is 13.8 Å². The zero-order valence-electron chi connectivity index (χ0n) is 30.8. The van der Waals surface area contributed by atoms with Gasteiger partial charge in [-0.1, -0.05) is 20.3 Å². The first-order valence-corrected chi connectivity index (χ1v) is 18.7. The van der Waals surface area contributed by atoms with E-state index in [1.165, 1.54) is 43.5 Å². The number of piperidine rings is 2. The van der Waals surface area contributed by atoms with Gasteiger partial charge in [-0.3, -0.25) is 14.5 Å². The summed E-state index contributed by atoms with van der Waals surface area (Å²) in [6, 6.07) is 8.26. The Morgan fingerprint density at radius 1 is 1.00 bits per heavy atom. The van der Waals surface area contributed by atoms with Gasteiger partial charge in [0, 0.05) is 42.6 Å². The second-order valence-electron chi connectivity index (χ2n) is 14.9. The first kappa shape index (κ1) is 39.9. The van der Waals surface area contributed by atoms with E-state index in [0.717, 1.165) is 38.1 Å². The van der Waals surface area contributed by atoms with Gasteiger partial charge in [-0.2, -0.15) is 13.2 Å². The number of halogens is 5. The highest BCUT2D eigenvalue weighted by molar-refractivity contribution is 6.10. The molecule has 2 unspecified atom stereocenters. The van der Waals surface area contributed by atoms with Crippen LogP contribution in [0.3, 0.4) is 0 Å². The van der Waals surface area contributed by atoms with Gasteiger partial charge in [0.25, 0.3) is 11.5 Å². The monoisotopic (exact) mass is 767 g/mol. The maximum atomic E-state index is 15.7. The van der Waals surface area contributed by atoms with Crippen molar-refractivity contribution in [2.75, 3.05) is 26.2 Å². The molecule has 3 fully saturated rings. The lowest BCUT2D eigenvalue weighted by Gasteiger charge is -2.46. The van der Waals surface area contributed by atoms with Crippen LogP contribution >= 0.6 is 0 Å². The summed E-state index contributed by atoms with van der Waals surface area (Å²) in [4.78, 5) is 33.9. The predicted molar refractivity (Wildman–Crippen MR) is 199 cm³/mol. The van der Waals surface area contributed by atoms with Crippen LogP contribution in [-0.4, -0.2) is 87.2 Å². The van der Waals surface area contributed by atoms with Crippen LogP contribution in [0.25, 0.3) is 0 Å². The molecule has 0 bridgehead atoms. The van der Waals surface area contributed by atoms with Gasteiger partial charge < -0.3 is 30.3 Å².